The zero-order chi connectivity index (χ0) is 13.8. The first-order valence-corrected chi connectivity index (χ1v) is 6.37. The minimum Gasteiger partial charge on any atom is -0.330 e. The molecule has 0 aliphatic rings. The highest BCUT2D eigenvalue weighted by Crippen LogP contribution is 2.15. The molecule has 0 radical (unpaired) electrons. The molecule has 4 nitrogen and oxygen atoms in total. The van der Waals surface area contributed by atoms with Crippen LogP contribution in [0.1, 0.15) is 28.1 Å². The molecule has 2 N–H and O–H groups in total. The van der Waals surface area contributed by atoms with Gasteiger partial charge in [-0.1, -0.05) is 12.1 Å². The molecule has 2 aromatic rings. The van der Waals surface area contributed by atoms with Crippen LogP contribution in [0.3, 0.4) is 0 Å². The van der Waals surface area contributed by atoms with Crippen LogP contribution in [0, 0.1) is 25.2 Å². The maximum absolute atomic E-state index is 8.91. The predicted molar refractivity (Wildman–Crippen MR) is 74.7 cm³/mol. The van der Waals surface area contributed by atoms with Crippen molar-refractivity contribution in [2.45, 2.75) is 26.8 Å². The van der Waals surface area contributed by atoms with Crippen molar-refractivity contribution in [2.75, 3.05) is 6.54 Å². The molecule has 0 bridgehead atoms. The van der Waals surface area contributed by atoms with E-state index < -0.39 is 0 Å². The summed E-state index contributed by atoms with van der Waals surface area (Å²) < 4.78 is 1.98. The van der Waals surface area contributed by atoms with Crippen LogP contribution in [0.15, 0.2) is 24.3 Å². The highest BCUT2D eigenvalue weighted by atomic mass is 15.3. The number of hydrogen-bond acceptors (Lipinski definition) is 3. The Hall–Kier alpha value is -2.12. The molecule has 1 heterocycles. The van der Waals surface area contributed by atoms with Gasteiger partial charge in [-0.15, -0.1) is 0 Å². The van der Waals surface area contributed by atoms with E-state index in [4.69, 9.17) is 11.0 Å². The van der Waals surface area contributed by atoms with Gasteiger partial charge in [-0.2, -0.15) is 10.4 Å². The Kier molecular flexibility index (Phi) is 3.98. The van der Waals surface area contributed by atoms with Crippen LogP contribution in [0.5, 0.6) is 0 Å². The Bertz CT molecular complexity index is 620. The van der Waals surface area contributed by atoms with Crippen molar-refractivity contribution in [3.05, 3.63) is 52.3 Å². The largest absolute Gasteiger partial charge is 0.330 e. The quantitative estimate of drug-likeness (QED) is 0.906. The number of nitrogens with zero attached hydrogens (tertiary/aromatic N) is 3. The molecule has 0 aliphatic heterocycles. The summed E-state index contributed by atoms with van der Waals surface area (Å²) in [5.74, 6) is 0. The van der Waals surface area contributed by atoms with Gasteiger partial charge in [0.1, 0.15) is 0 Å². The average molecular weight is 254 g/mol. The lowest BCUT2D eigenvalue weighted by molar-refractivity contribution is 0.658. The van der Waals surface area contributed by atoms with Gasteiger partial charge in [-0.05, 0) is 50.1 Å². The van der Waals surface area contributed by atoms with Gasteiger partial charge in [0.15, 0.2) is 0 Å². The van der Waals surface area contributed by atoms with Gasteiger partial charge in [0.25, 0.3) is 0 Å². The molecule has 0 saturated heterocycles. The van der Waals surface area contributed by atoms with E-state index in [-0.39, 0.29) is 0 Å². The van der Waals surface area contributed by atoms with Crippen LogP contribution in [-0.2, 0) is 13.0 Å². The SMILES string of the molecule is Cc1nn(Cc2cccc(C#N)c2)c(C)c1CCN. The summed E-state index contributed by atoms with van der Waals surface area (Å²) in [4.78, 5) is 0. The summed E-state index contributed by atoms with van der Waals surface area (Å²) in [6, 6.07) is 9.79. The van der Waals surface area contributed by atoms with Crippen LogP contribution < -0.4 is 5.73 Å². The second kappa shape index (κ2) is 5.68. The van der Waals surface area contributed by atoms with Crippen LogP contribution in [0.25, 0.3) is 0 Å². The molecule has 0 unspecified atom stereocenters. The van der Waals surface area contributed by atoms with Crippen molar-refractivity contribution >= 4 is 0 Å². The molecule has 0 saturated carbocycles. The van der Waals surface area contributed by atoms with Gasteiger partial charge in [-0.3, -0.25) is 4.68 Å². The Morgan fingerprint density at radius 3 is 2.84 bits per heavy atom. The van der Waals surface area contributed by atoms with Gasteiger partial charge in [0.05, 0.1) is 23.9 Å². The van der Waals surface area contributed by atoms with Crippen molar-refractivity contribution in [3.63, 3.8) is 0 Å². The molecule has 4 heteroatoms. The zero-order valence-electron chi connectivity index (χ0n) is 11.3. The molecule has 98 valence electrons. The number of aromatic nitrogens is 2. The summed E-state index contributed by atoms with van der Waals surface area (Å²) in [5, 5.41) is 13.5. The van der Waals surface area contributed by atoms with Gasteiger partial charge in [-0.25, -0.2) is 0 Å². The normalized spacial score (nSPS) is 10.4. The first-order chi connectivity index (χ1) is 9.15. The molecular formula is C15H18N4. The number of nitriles is 1. The fourth-order valence-electron chi connectivity index (χ4n) is 2.31. The fourth-order valence-corrected chi connectivity index (χ4v) is 2.31. The van der Waals surface area contributed by atoms with Crippen LogP contribution in [-0.4, -0.2) is 16.3 Å². The molecule has 0 spiro atoms. The summed E-state index contributed by atoms with van der Waals surface area (Å²) >= 11 is 0. The number of rotatable bonds is 4. The standard InChI is InChI=1S/C15H18N4/c1-11-15(6-7-16)12(2)19(18-11)10-14-5-3-4-13(8-14)9-17/h3-5,8H,6-7,10,16H2,1-2H3. The highest BCUT2D eigenvalue weighted by Gasteiger charge is 2.10. The number of hydrogen-bond donors (Lipinski definition) is 1. The average Bonchev–Trinajstić information content (AvgIpc) is 2.67. The van der Waals surface area contributed by atoms with Gasteiger partial charge < -0.3 is 5.73 Å². The number of aryl methyl sites for hydroxylation is 1. The first kappa shape index (κ1) is 13.3. The second-order valence-corrected chi connectivity index (χ2v) is 4.66. The van der Waals surface area contributed by atoms with Crippen LogP contribution in [0.2, 0.25) is 0 Å². The van der Waals surface area contributed by atoms with E-state index in [2.05, 4.69) is 18.1 Å². The van der Waals surface area contributed by atoms with E-state index in [1.54, 1.807) is 0 Å². The molecular weight excluding hydrogens is 236 g/mol. The smallest absolute Gasteiger partial charge is 0.0991 e. The minimum absolute atomic E-state index is 0.636. The van der Waals surface area contributed by atoms with Crippen molar-refractivity contribution in [3.8, 4) is 6.07 Å². The van der Waals surface area contributed by atoms with E-state index in [0.29, 0.717) is 18.7 Å². The Morgan fingerprint density at radius 1 is 1.37 bits per heavy atom. The summed E-state index contributed by atoms with van der Waals surface area (Å²) in [6.45, 7) is 5.41. The topological polar surface area (TPSA) is 67.6 Å². The lowest BCUT2D eigenvalue weighted by atomic mass is 10.1. The van der Waals surface area contributed by atoms with Crippen LogP contribution in [0.4, 0.5) is 0 Å². The van der Waals surface area contributed by atoms with E-state index in [9.17, 15) is 0 Å². The van der Waals surface area contributed by atoms with Crippen molar-refractivity contribution in [1.29, 1.82) is 5.26 Å². The van der Waals surface area contributed by atoms with Crippen molar-refractivity contribution in [1.82, 2.24) is 9.78 Å². The minimum atomic E-state index is 0.636. The first-order valence-electron chi connectivity index (χ1n) is 6.37. The van der Waals surface area contributed by atoms with E-state index in [0.717, 1.165) is 23.4 Å². The maximum Gasteiger partial charge on any atom is 0.0991 e. The molecule has 19 heavy (non-hydrogen) atoms. The van der Waals surface area contributed by atoms with Crippen LogP contribution >= 0.6 is 0 Å². The predicted octanol–water partition coefficient (Wildman–Crippen LogP) is 1.92. The van der Waals surface area contributed by atoms with Gasteiger partial charge in [0.2, 0.25) is 0 Å². The fraction of sp³-hybridized carbons (Fsp3) is 0.333. The zero-order valence-corrected chi connectivity index (χ0v) is 11.3. The lowest BCUT2D eigenvalue weighted by Gasteiger charge is -2.06. The Labute approximate surface area is 113 Å². The Morgan fingerprint density at radius 2 is 2.16 bits per heavy atom. The third-order valence-corrected chi connectivity index (χ3v) is 3.31. The molecule has 1 aromatic carbocycles. The molecule has 0 amide bonds. The third-order valence-electron chi connectivity index (χ3n) is 3.31. The summed E-state index contributed by atoms with van der Waals surface area (Å²) in [6.07, 6.45) is 0.857. The molecule has 2 rings (SSSR count). The summed E-state index contributed by atoms with van der Waals surface area (Å²) in [7, 11) is 0. The van der Waals surface area contributed by atoms with Crippen molar-refractivity contribution in [2.24, 2.45) is 5.73 Å². The van der Waals surface area contributed by atoms with E-state index in [1.165, 1.54) is 5.56 Å². The molecule has 1 aromatic heterocycles. The van der Waals surface area contributed by atoms with Gasteiger partial charge >= 0.3 is 0 Å². The van der Waals surface area contributed by atoms with E-state index >= 15 is 0 Å². The molecule has 0 atom stereocenters. The third kappa shape index (κ3) is 2.83. The summed E-state index contributed by atoms with van der Waals surface area (Å²) in [5.41, 5.74) is 10.8. The Balaban J connectivity index is 2.28. The number of benzene rings is 1. The molecule has 0 fully saturated rings. The highest BCUT2D eigenvalue weighted by molar-refractivity contribution is 5.33. The second-order valence-electron chi connectivity index (χ2n) is 4.66. The molecule has 0 aliphatic carbocycles. The van der Waals surface area contributed by atoms with Gasteiger partial charge in [0, 0.05) is 5.69 Å². The van der Waals surface area contributed by atoms with E-state index in [1.807, 2.05) is 35.9 Å². The maximum atomic E-state index is 8.91. The lowest BCUT2D eigenvalue weighted by Crippen LogP contribution is -2.06. The van der Waals surface area contributed by atoms with Crippen molar-refractivity contribution < 1.29 is 0 Å². The number of nitrogens with two attached hydrogens (primary N) is 1. The monoisotopic (exact) mass is 254 g/mol.